The third kappa shape index (κ3) is 3.89. The van der Waals surface area contributed by atoms with E-state index >= 15 is 0 Å². The van der Waals surface area contributed by atoms with Gasteiger partial charge in [-0.25, -0.2) is 4.98 Å². The molecule has 1 aliphatic carbocycles. The molecule has 2 fully saturated rings. The molecule has 1 aromatic rings. The number of imidazole rings is 1. The smallest absolute Gasteiger partial charge is 0.311 e. The summed E-state index contributed by atoms with van der Waals surface area (Å²) in [7, 11) is 0. The van der Waals surface area contributed by atoms with Gasteiger partial charge in [-0.05, 0) is 31.7 Å². The Morgan fingerprint density at radius 3 is 2.96 bits per heavy atom. The van der Waals surface area contributed by atoms with Crippen molar-refractivity contribution in [3.8, 4) is 0 Å². The number of piperidine rings is 1. The van der Waals surface area contributed by atoms with E-state index in [2.05, 4.69) is 21.4 Å². The molecule has 132 valence electrons. The summed E-state index contributed by atoms with van der Waals surface area (Å²) >= 11 is 0. The quantitative estimate of drug-likeness (QED) is 0.752. The van der Waals surface area contributed by atoms with Crippen LogP contribution in [0, 0.1) is 11.3 Å². The minimum atomic E-state index is -0.696. The monoisotopic (exact) mass is 331 g/mol. The average molecular weight is 331 g/mol. The second kappa shape index (κ2) is 7.51. The van der Waals surface area contributed by atoms with Gasteiger partial charge in [-0.1, -0.05) is 31.8 Å². The highest BCUT2D eigenvalue weighted by atomic mass is 16.4. The topological polar surface area (TPSA) is 69.2 Å². The lowest BCUT2D eigenvalue weighted by Crippen LogP contribution is -2.47. The highest BCUT2D eigenvalue weighted by Gasteiger charge is 2.41. The van der Waals surface area contributed by atoms with Crippen molar-refractivity contribution < 1.29 is 9.90 Å². The van der Waals surface area contributed by atoms with Crippen LogP contribution in [0.2, 0.25) is 0 Å². The van der Waals surface area contributed by atoms with E-state index < -0.39 is 11.4 Å². The van der Waals surface area contributed by atoms with Crippen LogP contribution in [0.1, 0.15) is 56.5 Å². The number of aromatic amines is 1. The number of rotatable bonds is 7. The van der Waals surface area contributed by atoms with Crippen molar-refractivity contribution in [3.63, 3.8) is 0 Å². The summed E-state index contributed by atoms with van der Waals surface area (Å²) < 4.78 is 0. The molecule has 2 aliphatic rings. The molecule has 1 unspecified atom stereocenters. The summed E-state index contributed by atoms with van der Waals surface area (Å²) in [5.41, 5.74) is 0.426. The maximum atomic E-state index is 11.8. The van der Waals surface area contributed by atoms with E-state index in [1.165, 1.54) is 25.7 Å². The zero-order chi connectivity index (χ0) is 17.0. The van der Waals surface area contributed by atoms with Crippen molar-refractivity contribution in [2.45, 2.75) is 57.9 Å². The van der Waals surface area contributed by atoms with Gasteiger partial charge in [0.25, 0.3) is 0 Å². The van der Waals surface area contributed by atoms with Gasteiger partial charge in [0.05, 0.1) is 5.41 Å². The Kier molecular flexibility index (Phi) is 5.39. The van der Waals surface area contributed by atoms with Crippen LogP contribution in [0.5, 0.6) is 0 Å². The van der Waals surface area contributed by atoms with E-state index in [-0.39, 0.29) is 0 Å². The van der Waals surface area contributed by atoms with E-state index in [1.807, 2.05) is 6.20 Å². The minimum Gasteiger partial charge on any atom is -0.481 e. The first-order chi connectivity index (χ1) is 11.6. The molecule has 3 rings (SSSR count). The van der Waals surface area contributed by atoms with Gasteiger partial charge in [-0.2, -0.15) is 0 Å². The lowest BCUT2D eigenvalue weighted by atomic mass is 9.77. The molecule has 0 bridgehead atoms. The summed E-state index contributed by atoms with van der Waals surface area (Å²) in [5, 5.41) is 9.67. The van der Waals surface area contributed by atoms with E-state index in [0.29, 0.717) is 13.0 Å². The lowest BCUT2D eigenvalue weighted by Gasteiger charge is -2.39. The Morgan fingerprint density at radius 2 is 2.25 bits per heavy atom. The number of likely N-dealkylation sites (tertiary alicyclic amines) is 1. The molecule has 0 spiro atoms. The molecular formula is C19H29N3O2. The largest absolute Gasteiger partial charge is 0.481 e. The Balaban J connectivity index is 1.59. The molecule has 0 amide bonds. The van der Waals surface area contributed by atoms with Crippen molar-refractivity contribution in [1.29, 1.82) is 0 Å². The molecule has 1 saturated carbocycles. The number of carboxylic acid groups (broad SMARTS) is 1. The maximum Gasteiger partial charge on any atom is 0.311 e. The number of aliphatic carboxylic acids is 1. The summed E-state index contributed by atoms with van der Waals surface area (Å²) in [4.78, 5) is 22.0. The van der Waals surface area contributed by atoms with E-state index in [0.717, 1.165) is 49.8 Å². The lowest BCUT2D eigenvalue weighted by molar-refractivity contribution is -0.152. The predicted molar refractivity (Wildman–Crippen MR) is 93.6 cm³/mol. The fourth-order valence-corrected chi connectivity index (χ4v) is 4.39. The SMILES string of the molecule is C=CCC1(C(=O)O)CCCN(Cc2cnc(CC3CCCC3)[nH]2)C1. The van der Waals surface area contributed by atoms with Gasteiger partial charge in [-0.3, -0.25) is 9.69 Å². The fourth-order valence-electron chi connectivity index (χ4n) is 4.39. The second-order valence-corrected chi connectivity index (χ2v) is 7.60. The Labute approximate surface area is 144 Å². The van der Waals surface area contributed by atoms with E-state index in [1.54, 1.807) is 6.08 Å². The van der Waals surface area contributed by atoms with Crippen LogP contribution in [0.15, 0.2) is 18.9 Å². The normalized spacial score (nSPS) is 25.8. The van der Waals surface area contributed by atoms with Crippen LogP contribution in [0.3, 0.4) is 0 Å². The molecule has 0 aromatic carbocycles. The van der Waals surface area contributed by atoms with Gasteiger partial charge in [0, 0.05) is 31.4 Å². The molecule has 1 aliphatic heterocycles. The zero-order valence-electron chi connectivity index (χ0n) is 14.5. The van der Waals surface area contributed by atoms with Gasteiger partial charge in [0.1, 0.15) is 5.82 Å². The number of carbonyl (C=O) groups is 1. The van der Waals surface area contributed by atoms with E-state index in [4.69, 9.17) is 0 Å². The minimum absolute atomic E-state index is 0.536. The Morgan fingerprint density at radius 1 is 1.46 bits per heavy atom. The van der Waals surface area contributed by atoms with Gasteiger partial charge < -0.3 is 10.1 Å². The van der Waals surface area contributed by atoms with Gasteiger partial charge in [0.15, 0.2) is 0 Å². The number of nitrogens with zero attached hydrogens (tertiary/aromatic N) is 2. The molecule has 2 heterocycles. The molecule has 5 nitrogen and oxygen atoms in total. The first-order valence-electron chi connectivity index (χ1n) is 9.21. The Hall–Kier alpha value is -1.62. The van der Waals surface area contributed by atoms with Crippen LogP contribution < -0.4 is 0 Å². The molecule has 5 heteroatoms. The van der Waals surface area contributed by atoms with Crippen LogP contribution in [-0.4, -0.2) is 39.0 Å². The second-order valence-electron chi connectivity index (χ2n) is 7.60. The summed E-state index contributed by atoms with van der Waals surface area (Å²) in [5.74, 6) is 1.18. The molecule has 0 radical (unpaired) electrons. The highest BCUT2D eigenvalue weighted by molar-refractivity contribution is 5.75. The number of aromatic nitrogens is 2. The van der Waals surface area contributed by atoms with Gasteiger partial charge in [-0.15, -0.1) is 6.58 Å². The molecule has 1 aromatic heterocycles. The standard InChI is InChI=1S/C19H29N3O2/c1-2-8-19(18(23)24)9-5-10-22(14-19)13-16-12-20-17(21-16)11-15-6-3-4-7-15/h2,12,15H,1,3-11,13-14H2,(H,20,21)(H,23,24). The number of hydrogen-bond acceptors (Lipinski definition) is 3. The van der Waals surface area contributed by atoms with Gasteiger partial charge in [0.2, 0.25) is 0 Å². The number of carboxylic acids is 1. The summed E-state index contributed by atoms with van der Waals surface area (Å²) in [6, 6.07) is 0. The fraction of sp³-hybridized carbons (Fsp3) is 0.684. The highest BCUT2D eigenvalue weighted by Crippen LogP contribution is 2.35. The van der Waals surface area contributed by atoms with Crippen LogP contribution in [-0.2, 0) is 17.8 Å². The molecule has 1 atom stereocenters. The van der Waals surface area contributed by atoms with Crippen LogP contribution >= 0.6 is 0 Å². The molecular weight excluding hydrogens is 302 g/mol. The van der Waals surface area contributed by atoms with Crippen LogP contribution in [0.4, 0.5) is 0 Å². The van der Waals surface area contributed by atoms with E-state index in [9.17, 15) is 9.90 Å². The van der Waals surface area contributed by atoms with Crippen molar-refractivity contribution >= 4 is 5.97 Å². The van der Waals surface area contributed by atoms with Crippen molar-refractivity contribution in [1.82, 2.24) is 14.9 Å². The van der Waals surface area contributed by atoms with Crippen molar-refractivity contribution in [2.75, 3.05) is 13.1 Å². The zero-order valence-corrected chi connectivity index (χ0v) is 14.5. The van der Waals surface area contributed by atoms with Crippen molar-refractivity contribution in [2.24, 2.45) is 11.3 Å². The Bertz CT molecular complexity index is 577. The summed E-state index contributed by atoms with van der Waals surface area (Å²) in [6.45, 7) is 6.04. The third-order valence-corrected chi connectivity index (χ3v) is 5.68. The van der Waals surface area contributed by atoms with Gasteiger partial charge >= 0.3 is 5.97 Å². The van der Waals surface area contributed by atoms with Crippen molar-refractivity contribution in [3.05, 3.63) is 30.4 Å². The maximum absolute atomic E-state index is 11.8. The number of allylic oxidation sites excluding steroid dienone is 1. The van der Waals surface area contributed by atoms with Crippen LogP contribution in [0.25, 0.3) is 0 Å². The number of H-pyrrole nitrogens is 1. The molecule has 1 saturated heterocycles. The average Bonchev–Trinajstić information content (AvgIpc) is 3.20. The number of nitrogens with one attached hydrogen (secondary N) is 1. The number of hydrogen-bond donors (Lipinski definition) is 2. The predicted octanol–water partition coefficient (Wildman–Crippen LogP) is 3.39. The first-order valence-corrected chi connectivity index (χ1v) is 9.21. The first kappa shape index (κ1) is 17.2. The third-order valence-electron chi connectivity index (χ3n) is 5.68. The summed E-state index contributed by atoms with van der Waals surface area (Å²) in [6.07, 6.45) is 12.3. The molecule has 2 N–H and O–H groups in total. The molecule has 24 heavy (non-hydrogen) atoms.